The van der Waals surface area contributed by atoms with Gasteiger partial charge in [0.05, 0.1) is 0 Å². The van der Waals surface area contributed by atoms with Gasteiger partial charge in [0.1, 0.15) is 0 Å². The summed E-state index contributed by atoms with van der Waals surface area (Å²) in [6, 6.07) is 15.5. The zero-order valence-corrected chi connectivity index (χ0v) is 14.4. The number of halogens is 2. The molecule has 0 spiro atoms. The standard InChI is InChI=1S/C18H19BrClN/c1-12(17-4-2-3-5-18(17)20)21-16-9-7-13-10-15(19)8-6-14(13)11-16/h2-6,8,10,12,16,21H,7,9,11H2,1H3/t12-,16?/m0/s1. The van der Waals surface area contributed by atoms with Crippen molar-refractivity contribution < 1.29 is 0 Å². The minimum Gasteiger partial charge on any atom is -0.307 e. The van der Waals surface area contributed by atoms with Crippen molar-refractivity contribution in [2.24, 2.45) is 0 Å². The minimum absolute atomic E-state index is 0.278. The van der Waals surface area contributed by atoms with Crippen LogP contribution in [0.3, 0.4) is 0 Å². The van der Waals surface area contributed by atoms with E-state index in [2.05, 4.69) is 52.4 Å². The molecular formula is C18H19BrClN. The summed E-state index contributed by atoms with van der Waals surface area (Å²) in [6.07, 6.45) is 3.41. The second-order valence-corrected chi connectivity index (χ2v) is 7.09. The van der Waals surface area contributed by atoms with E-state index in [9.17, 15) is 0 Å². The third-order valence-electron chi connectivity index (χ3n) is 4.25. The van der Waals surface area contributed by atoms with Crippen LogP contribution >= 0.6 is 27.5 Å². The van der Waals surface area contributed by atoms with Gasteiger partial charge in [0, 0.05) is 21.6 Å². The first kappa shape index (κ1) is 15.1. The van der Waals surface area contributed by atoms with Gasteiger partial charge in [0.15, 0.2) is 0 Å². The second-order valence-electron chi connectivity index (χ2n) is 5.76. The topological polar surface area (TPSA) is 12.0 Å². The number of rotatable bonds is 3. The molecule has 1 aliphatic rings. The first-order chi connectivity index (χ1) is 10.1. The molecule has 1 unspecified atom stereocenters. The number of hydrogen-bond acceptors (Lipinski definition) is 1. The lowest BCUT2D eigenvalue weighted by atomic mass is 9.88. The molecule has 110 valence electrons. The van der Waals surface area contributed by atoms with Gasteiger partial charge in [-0.05, 0) is 61.1 Å². The normalized spacial score (nSPS) is 19.1. The Labute approximate surface area is 139 Å². The van der Waals surface area contributed by atoms with E-state index in [1.54, 1.807) is 0 Å². The second kappa shape index (κ2) is 6.51. The average molecular weight is 365 g/mol. The molecule has 1 aliphatic carbocycles. The molecule has 0 aromatic heterocycles. The monoisotopic (exact) mass is 363 g/mol. The largest absolute Gasteiger partial charge is 0.307 e. The number of nitrogens with one attached hydrogen (secondary N) is 1. The van der Waals surface area contributed by atoms with Crippen molar-refractivity contribution in [3.63, 3.8) is 0 Å². The van der Waals surface area contributed by atoms with E-state index in [0.717, 1.165) is 17.9 Å². The van der Waals surface area contributed by atoms with Gasteiger partial charge in [-0.3, -0.25) is 0 Å². The number of fused-ring (bicyclic) bond motifs is 1. The summed E-state index contributed by atoms with van der Waals surface area (Å²) in [5, 5.41) is 4.58. The summed E-state index contributed by atoms with van der Waals surface area (Å²) in [7, 11) is 0. The van der Waals surface area contributed by atoms with Crippen LogP contribution in [0.5, 0.6) is 0 Å². The fraction of sp³-hybridized carbons (Fsp3) is 0.333. The van der Waals surface area contributed by atoms with Crippen molar-refractivity contribution in [1.82, 2.24) is 5.32 Å². The maximum atomic E-state index is 6.29. The predicted molar refractivity (Wildman–Crippen MR) is 93.0 cm³/mol. The van der Waals surface area contributed by atoms with Crippen LogP contribution in [0, 0.1) is 0 Å². The lowest BCUT2D eigenvalue weighted by molar-refractivity contribution is 0.414. The summed E-state index contributed by atoms with van der Waals surface area (Å²) in [4.78, 5) is 0. The highest BCUT2D eigenvalue weighted by Gasteiger charge is 2.21. The fourth-order valence-corrected chi connectivity index (χ4v) is 3.84. The fourth-order valence-electron chi connectivity index (χ4n) is 3.14. The van der Waals surface area contributed by atoms with Crippen molar-refractivity contribution in [1.29, 1.82) is 0 Å². The van der Waals surface area contributed by atoms with Crippen LogP contribution in [0.15, 0.2) is 46.9 Å². The van der Waals surface area contributed by atoms with Crippen molar-refractivity contribution in [2.45, 2.75) is 38.3 Å². The highest BCUT2D eigenvalue weighted by atomic mass is 79.9. The molecule has 2 atom stereocenters. The Morgan fingerprint density at radius 2 is 2.00 bits per heavy atom. The number of benzene rings is 2. The molecule has 0 saturated carbocycles. The van der Waals surface area contributed by atoms with Crippen LogP contribution < -0.4 is 5.32 Å². The summed E-state index contributed by atoms with van der Waals surface area (Å²) < 4.78 is 1.18. The maximum absolute atomic E-state index is 6.29. The quantitative estimate of drug-likeness (QED) is 0.778. The van der Waals surface area contributed by atoms with Crippen molar-refractivity contribution in [3.05, 3.63) is 68.7 Å². The van der Waals surface area contributed by atoms with Crippen LogP contribution in [0.25, 0.3) is 0 Å². The van der Waals surface area contributed by atoms with Gasteiger partial charge in [-0.15, -0.1) is 0 Å². The molecule has 0 amide bonds. The zero-order chi connectivity index (χ0) is 14.8. The lowest BCUT2D eigenvalue weighted by Crippen LogP contribution is -2.36. The van der Waals surface area contributed by atoms with Crippen LogP contribution in [0.2, 0.25) is 5.02 Å². The van der Waals surface area contributed by atoms with Crippen molar-refractivity contribution >= 4 is 27.5 Å². The molecule has 0 radical (unpaired) electrons. The molecule has 0 bridgehead atoms. The highest BCUT2D eigenvalue weighted by molar-refractivity contribution is 9.10. The first-order valence-corrected chi connectivity index (χ1v) is 8.58. The zero-order valence-electron chi connectivity index (χ0n) is 12.1. The highest BCUT2D eigenvalue weighted by Crippen LogP contribution is 2.27. The lowest BCUT2D eigenvalue weighted by Gasteiger charge is -2.29. The van der Waals surface area contributed by atoms with Crippen LogP contribution in [0.1, 0.15) is 36.1 Å². The number of hydrogen-bond donors (Lipinski definition) is 1. The Bertz CT molecular complexity index is 641. The Kier molecular flexibility index (Phi) is 4.68. The Morgan fingerprint density at radius 1 is 1.19 bits per heavy atom. The molecular weight excluding hydrogens is 346 g/mol. The van der Waals surface area contributed by atoms with E-state index < -0.39 is 0 Å². The summed E-state index contributed by atoms with van der Waals surface area (Å²) >= 11 is 9.84. The van der Waals surface area contributed by atoms with Gasteiger partial charge < -0.3 is 5.32 Å². The van der Waals surface area contributed by atoms with Crippen molar-refractivity contribution in [3.8, 4) is 0 Å². The molecule has 21 heavy (non-hydrogen) atoms. The molecule has 3 rings (SSSR count). The smallest absolute Gasteiger partial charge is 0.0453 e. The van der Waals surface area contributed by atoms with E-state index >= 15 is 0 Å². The molecule has 1 N–H and O–H groups in total. The van der Waals surface area contributed by atoms with E-state index in [1.807, 2.05) is 18.2 Å². The number of aryl methyl sites for hydroxylation is 1. The summed E-state index contributed by atoms with van der Waals surface area (Å²) in [5.74, 6) is 0. The molecule has 0 saturated heterocycles. The SMILES string of the molecule is C[C@H](NC1CCc2cc(Br)ccc2C1)c1ccccc1Cl. The van der Waals surface area contributed by atoms with Crippen LogP contribution in [-0.2, 0) is 12.8 Å². The third kappa shape index (κ3) is 3.50. The summed E-state index contributed by atoms with van der Waals surface area (Å²) in [6.45, 7) is 2.19. The Hall–Kier alpha value is -0.830. The molecule has 1 nitrogen and oxygen atoms in total. The van der Waals surface area contributed by atoms with E-state index in [0.29, 0.717) is 6.04 Å². The van der Waals surface area contributed by atoms with Crippen molar-refractivity contribution in [2.75, 3.05) is 0 Å². The van der Waals surface area contributed by atoms with Gasteiger partial charge in [-0.2, -0.15) is 0 Å². The van der Waals surface area contributed by atoms with E-state index in [1.165, 1.54) is 27.6 Å². The van der Waals surface area contributed by atoms with E-state index in [-0.39, 0.29) is 6.04 Å². The first-order valence-electron chi connectivity index (χ1n) is 7.41. The average Bonchev–Trinajstić information content (AvgIpc) is 2.48. The Balaban J connectivity index is 1.70. The van der Waals surface area contributed by atoms with Gasteiger partial charge in [0.25, 0.3) is 0 Å². The van der Waals surface area contributed by atoms with Crippen LogP contribution in [0.4, 0.5) is 0 Å². The van der Waals surface area contributed by atoms with Gasteiger partial charge in [-0.1, -0.05) is 51.8 Å². The predicted octanol–water partition coefficient (Wildman–Crippen LogP) is 5.31. The molecule has 2 aromatic carbocycles. The third-order valence-corrected chi connectivity index (χ3v) is 5.09. The molecule has 0 heterocycles. The molecule has 0 fully saturated rings. The maximum Gasteiger partial charge on any atom is 0.0453 e. The van der Waals surface area contributed by atoms with Gasteiger partial charge >= 0.3 is 0 Å². The Morgan fingerprint density at radius 3 is 2.81 bits per heavy atom. The van der Waals surface area contributed by atoms with E-state index in [4.69, 9.17) is 11.6 Å². The van der Waals surface area contributed by atoms with Crippen LogP contribution in [-0.4, -0.2) is 6.04 Å². The summed E-state index contributed by atoms with van der Waals surface area (Å²) in [5.41, 5.74) is 4.13. The molecule has 2 aromatic rings. The molecule has 0 aliphatic heterocycles. The molecule has 3 heteroatoms. The minimum atomic E-state index is 0.278. The van der Waals surface area contributed by atoms with Gasteiger partial charge in [-0.25, -0.2) is 0 Å². The van der Waals surface area contributed by atoms with Gasteiger partial charge in [0.2, 0.25) is 0 Å².